The number of aryl methyl sites for hydroxylation is 1. The van der Waals surface area contributed by atoms with Crippen LogP contribution in [-0.2, 0) is 6.42 Å². The largest absolute Gasteiger partial charge is 0.573 e. The summed E-state index contributed by atoms with van der Waals surface area (Å²) in [6.07, 6.45) is -2.22. The van der Waals surface area contributed by atoms with Crippen LogP contribution in [0.3, 0.4) is 0 Å². The fourth-order valence-corrected chi connectivity index (χ4v) is 1.64. The molecule has 1 aromatic rings. The Bertz CT molecular complexity index is 352. The van der Waals surface area contributed by atoms with Crippen molar-refractivity contribution in [2.75, 3.05) is 13.1 Å². The minimum Gasteiger partial charge on any atom is -0.406 e. The summed E-state index contributed by atoms with van der Waals surface area (Å²) in [5, 5.41) is 3.21. The molecule has 1 N–H and O–H groups in total. The van der Waals surface area contributed by atoms with Gasteiger partial charge in [-0.05, 0) is 44.0 Å². The number of ether oxygens (including phenoxy) is 1. The van der Waals surface area contributed by atoms with Crippen molar-refractivity contribution in [1.29, 1.82) is 0 Å². The van der Waals surface area contributed by atoms with Crippen LogP contribution in [0.25, 0.3) is 0 Å². The smallest absolute Gasteiger partial charge is 0.406 e. The van der Waals surface area contributed by atoms with Crippen molar-refractivity contribution in [3.8, 4) is 5.75 Å². The lowest BCUT2D eigenvalue weighted by molar-refractivity contribution is -0.274. The van der Waals surface area contributed by atoms with Crippen LogP contribution < -0.4 is 10.1 Å². The molecule has 102 valence electrons. The second-order valence-electron chi connectivity index (χ2n) is 4.01. The monoisotopic (exact) mass is 261 g/mol. The molecule has 0 aliphatic rings. The molecule has 0 aliphatic heterocycles. The third-order valence-electron chi connectivity index (χ3n) is 2.42. The maximum absolute atomic E-state index is 12.2. The van der Waals surface area contributed by atoms with E-state index in [0.717, 1.165) is 25.9 Å². The molecule has 0 atom stereocenters. The maximum atomic E-state index is 12.2. The predicted molar refractivity (Wildman–Crippen MR) is 64.6 cm³/mol. The van der Waals surface area contributed by atoms with Gasteiger partial charge in [0.1, 0.15) is 5.75 Å². The van der Waals surface area contributed by atoms with Crippen molar-refractivity contribution in [3.63, 3.8) is 0 Å². The van der Waals surface area contributed by atoms with Crippen LogP contribution in [0.1, 0.15) is 25.3 Å². The highest BCUT2D eigenvalue weighted by Gasteiger charge is 2.31. The van der Waals surface area contributed by atoms with Crippen LogP contribution in [0.2, 0.25) is 0 Å². The topological polar surface area (TPSA) is 21.3 Å². The van der Waals surface area contributed by atoms with E-state index >= 15 is 0 Å². The van der Waals surface area contributed by atoms with Crippen LogP contribution >= 0.6 is 0 Å². The van der Waals surface area contributed by atoms with Crippen LogP contribution in [0, 0.1) is 0 Å². The molecule has 0 radical (unpaired) electrons. The average Bonchev–Trinajstić information content (AvgIpc) is 2.29. The minimum atomic E-state index is -4.63. The Hall–Kier alpha value is -1.23. The van der Waals surface area contributed by atoms with Crippen molar-refractivity contribution < 1.29 is 17.9 Å². The molecule has 0 spiro atoms. The summed E-state index contributed by atoms with van der Waals surface area (Å²) >= 11 is 0. The fourth-order valence-electron chi connectivity index (χ4n) is 1.64. The van der Waals surface area contributed by atoms with Gasteiger partial charge in [0.15, 0.2) is 0 Å². The number of hydrogen-bond acceptors (Lipinski definition) is 2. The molecule has 0 heterocycles. The van der Waals surface area contributed by atoms with E-state index in [2.05, 4.69) is 17.0 Å². The molecule has 0 aliphatic carbocycles. The van der Waals surface area contributed by atoms with Gasteiger partial charge in [0.2, 0.25) is 0 Å². The first kappa shape index (κ1) is 14.8. The van der Waals surface area contributed by atoms with Gasteiger partial charge in [0.25, 0.3) is 0 Å². The Morgan fingerprint density at radius 1 is 1.17 bits per heavy atom. The van der Waals surface area contributed by atoms with Gasteiger partial charge in [-0.15, -0.1) is 13.2 Å². The molecule has 0 amide bonds. The Kier molecular flexibility index (Phi) is 5.98. The zero-order valence-corrected chi connectivity index (χ0v) is 10.4. The number of halogens is 3. The quantitative estimate of drug-likeness (QED) is 0.758. The van der Waals surface area contributed by atoms with Crippen molar-refractivity contribution in [1.82, 2.24) is 5.32 Å². The van der Waals surface area contributed by atoms with Gasteiger partial charge in [0.05, 0.1) is 0 Å². The van der Waals surface area contributed by atoms with E-state index < -0.39 is 6.36 Å². The second-order valence-corrected chi connectivity index (χ2v) is 4.01. The summed E-state index contributed by atoms with van der Waals surface area (Å²) in [5.41, 5.74) is 0.591. The molecule has 18 heavy (non-hydrogen) atoms. The zero-order valence-electron chi connectivity index (χ0n) is 10.4. The first-order valence-corrected chi connectivity index (χ1v) is 6.07. The third-order valence-corrected chi connectivity index (χ3v) is 2.42. The number of benzene rings is 1. The second kappa shape index (κ2) is 7.26. The molecule has 5 heteroatoms. The average molecular weight is 261 g/mol. The molecule has 0 saturated carbocycles. The van der Waals surface area contributed by atoms with Gasteiger partial charge in [-0.2, -0.15) is 0 Å². The Balaban J connectivity index is 2.49. The summed E-state index contributed by atoms with van der Waals surface area (Å²) in [4.78, 5) is 0. The van der Waals surface area contributed by atoms with Crippen LogP contribution in [0.4, 0.5) is 13.2 Å². The molecular weight excluding hydrogens is 243 g/mol. The van der Waals surface area contributed by atoms with E-state index in [9.17, 15) is 13.2 Å². The highest BCUT2D eigenvalue weighted by atomic mass is 19.4. The Labute approximate surface area is 105 Å². The molecule has 0 saturated heterocycles. The molecule has 1 rings (SSSR count). The number of hydrogen-bond donors (Lipinski definition) is 1. The number of nitrogens with one attached hydrogen (secondary N) is 1. The lowest BCUT2D eigenvalue weighted by atomic mass is 10.1. The van der Waals surface area contributed by atoms with E-state index in [4.69, 9.17) is 0 Å². The standard InChI is InChI=1S/C13H18F3NO/c1-2-9-17-10-5-7-11-6-3-4-8-12(11)18-13(14,15)16/h3-4,6,8,17H,2,5,7,9-10H2,1H3. The van der Waals surface area contributed by atoms with E-state index in [0.29, 0.717) is 12.0 Å². The Morgan fingerprint density at radius 3 is 2.56 bits per heavy atom. The Morgan fingerprint density at radius 2 is 1.89 bits per heavy atom. The first-order chi connectivity index (χ1) is 8.53. The van der Waals surface area contributed by atoms with Gasteiger partial charge >= 0.3 is 6.36 Å². The van der Waals surface area contributed by atoms with E-state index in [1.165, 1.54) is 6.07 Å². The fraction of sp³-hybridized carbons (Fsp3) is 0.538. The van der Waals surface area contributed by atoms with Gasteiger partial charge < -0.3 is 10.1 Å². The lowest BCUT2D eigenvalue weighted by Gasteiger charge is -2.13. The molecule has 0 aromatic heterocycles. The van der Waals surface area contributed by atoms with Crippen molar-refractivity contribution in [2.24, 2.45) is 0 Å². The van der Waals surface area contributed by atoms with E-state index in [1.807, 2.05) is 0 Å². The van der Waals surface area contributed by atoms with Gasteiger partial charge in [-0.25, -0.2) is 0 Å². The molecule has 2 nitrogen and oxygen atoms in total. The summed E-state index contributed by atoms with van der Waals surface area (Å²) in [6.45, 7) is 3.80. The van der Waals surface area contributed by atoms with E-state index in [1.54, 1.807) is 18.2 Å². The third kappa shape index (κ3) is 5.91. The summed E-state index contributed by atoms with van der Waals surface area (Å²) in [5.74, 6) is -0.0968. The van der Waals surface area contributed by atoms with Crippen molar-refractivity contribution in [3.05, 3.63) is 29.8 Å². The highest BCUT2D eigenvalue weighted by Crippen LogP contribution is 2.26. The van der Waals surface area contributed by atoms with E-state index in [-0.39, 0.29) is 5.75 Å². The molecule has 0 fully saturated rings. The minimum absolute atomic E-state index is 0.0968. The van der Waals surface area contributed by atoms with Crippen LogP contribution in [-0.4, -0.2) is 19.5 Å². The summed E-state index contributed by atoms with van der Waals surface area (Å²) < 4.78 is 40.5. The van der Waals surface area contributed by atoms with Gasteiger partial charge in [-0.3, -0.25) is 0 Å². The molecule has 1 aromatic carbocycles. The molecule has 0 unspecified atom stereocenters. The lowest BCUT2D eigenvalue weighted by Crippen LogP contribution is -2.19. The maximum Gasteiger partial charge on any atom is 0.573 e. The summed E-state index contributed by atoms with van der Waals surface area (Å²) in [7, 11) is 0. The van der Waals surface area contributed by atoms with Gasteiger partial charge in [-0.1, -0.05) is 25.1 Å². The van der Waals surface area contributed by atoms with Crippen LogP contribution in [0.15, 0.2) is 24.3 Å². The van der Waals surface area contributed by atoms with Crippen LogP contribution in [0.5, 0.6) is 5.75 Å². The van der Waals surface area contributed by atoms with Crippen molar-refractivity contribution in [2.45, 2.75) is 32.5 Å². The number of para-hydroxylation sites is 1. The first-order valence-electron chi connectivity index (χ1n) is 6.07. The normalized spacial score (nSPS) is 11.6. The molecule has 0 bridgehead atoms. The SMILES string of the molecule is CCCNCCCc1ccccc1OC(F)(F)F. The molecular formula is C13H18F3NO. The zero-order chi connectivity index (χ0) is 13.4. The van der Waals surface area contributed by atoms with Gasteiger partial charge in [0, 0.05) is 0 Å². The van der Waals surface area contributed by atoms with Crippen molar-refractivity contribution >= 4 is 0 Å². The predicted octanol–water partition coefficient (Wildman–Crippen LogP) is 3.52. The number of rotatable bonds is 7. The number of alkyl halides is 3. The summed E-state index contributed by atoms with van der Waals surface area (Å²) in [6, 6.07) is 6.28. The highest BCUT2D eigenvalue weighted by molar-refractivity contribution is 5.33.